The molecule has 8 nitrogen and oxygen atoms in total. The van der Waals surface area contributed by atoms with E-state index in [0.29, 0.717) is 47.1 Å². The Labute approximate surface area is 264 Å². The van der Waals surface area contributed by atoms with Crippen molar-refractivity contribution >= 4 is 29.3 Å². The first-order valence-electron chi connectivity index (χ1n) is 15.0. The monoisotopic (exact) mass is 611 g/mol. The van der Waals surface area contributed by atoms with E-state index in [4.69, 9.17) is 19.6 Å². The Morgan fingerprint density at radius 3 is 2.45 bits per heavy atom. The second kappa shape index (κ2) is 13.2. The summed E-state index contributed by atoms with van der Waals surface area (Å²) in [5.74, 6) is 2.45. The third-order valence-corrected chi connectivity index (χ3v) is 8.14. The number of amides is 1. The Morgan fingerprint density at radius 1 is 1.00 bits per heavy atom. The lowest BCUT2D eigenvalue weighted by molar-refractivity contribution is -0.113. The number of nitrogens with one attached hydrogen (secondary N) is 2. The van der Waals surface area contributed by atoms with Crippen LogP contribution in [-0.2, 0) is 16.8 Å². The molecule has 9 heteroatoms. The van der Waals surface area contributed by atoms with Gasteiger partial charge in [0.1, 0.15) is 12.6 Å². The summed E-state index contributed by atoms with van der Waals surface area (Å²) in [7, 11) is 0. The van der Waals surface area contributed by atoms with E-state index in [2.05, 4.69) is 62.6 Å². The van der Waals surface area contributed by atoms with E-state index in [9.17, 15) is 4.79 Å². The van der Waals surface area contributed by atoms with Gasteiger partial charge in [-0.15, -0.1) is 5.10 Å². The van der Waals surface area contributed by atoms with E-state index in [1.54, 1.807) is 16.4 Å². The Morgan fingerprint density at radius 2 is 1.77 bits per heavy atom. The minimum absolute atomic E-state index is 0.0918. The SMILES string of the molecule is CCOc1cc(C2C(C(=O)Nc3cccc(C)c3)=C(C)Nc3nc(SCC)nn32)ccc1OCc1ccc(C(C)(C)C)cc1. The molecular weight excluding hydrogens is 570 g/mol. The Bertz CT molecular complexity index is 1670. The molecule has 5 rings (SSSR count). The molecule has 1 unspecified atom stereocenters. The van der Waals surface area contributed by atoms with Crippen LogP contribution in [-0.4, -0.2) is 33.0 Å². The van der Waals surface area contributed by atoms with Gasteiger partial charge in [0.2, 0.25) is 11.1 Å². The fraction of sp³-hybridized carbons (Fsp3) is 0.343. The summed E-state index contributed by atoms with van der Waals surface area (Å²) in [6.45, 7) is 15.4. The van der Waals surface area contributed by atoms with Gasteiger partial charge < -0.3 is 20.1 Å². The number of anilines is 2. The van der Waals surface area contributed by atoms with Crippen LogP contribution in [0.1, 0.15) is 69.8 Å². The number of rotatable bonds is 10. The molecular formula is C35H41N5O3S. The van der Waals surface area contributed by atoms with Crippen molar-refractivity contribution in [2.75, 3.05) is 23.0 Å². The molecule has 0 saturated heterocycles. The number of hydrogen-bond acceptors (Lipinski definition) is 7. The lowest BCUT2D eigenvalue weighted by Crippen LogP contribution is -2.31. The first kappa shape index (κ1) is 31.2. The highest BCUT2D eigenvalue weighted by molar-refractivity contribution is 7.99. The normalized spacial score (nSPS) is 14.6. The summed E-state index contributed by atoms with van der Waals surface area (Å²) in [6, 6.07) is 21.6. The molecule has 0 spiro atoms. The highest BCUT2D eigenvalue weighted by atomic mass is 32.2. The van der Waals surface area contributed by atoms with Crippen LogP contribution < -0.4 is 20.1 Å². The van der Waals surface area contributed by atoms with E-state index in [1.165, 1.54) is 5.56 Å². The Hall–Kier alpha value is -4.24. The van der Waals surface area contributed by atoms with Gasteiger partial charge in [0.15, 0.2) is 11.5 Å². The first-order chi connectivity index (χ1) is 21.1. The predicted octanol–water partition coefficient (Wildman–Crippen LogP) is 7.90. The standard InChI is InChI=1S/C35H41N5O3S/c1-8-42-29-20-25(15-18-28(29)43-21-24-13-16-26(17-14-24)35(5,6)7)31-30(32(41)37-27-12-10-11-22(3)19-27)23(4)36-33-38-34(44-9-2)39-40(31)33/h10-20,31H,8-9,21H2,1-7H3,(H,37,41)(H,36,38,39). The number of nitrogens with zero attached hydrogens (tertiary/aromatic N) is 3. The zero-order valence-corrected chi connectivity index (χ0v) is 27.3. The first-order valence-corrected chi connectivity index (χ1v) is 16.0. The fourth-order valence-electron chi connectivity index (χ4n) is 5.19. The van der Waals surface area contributed by atoms with E-state index >= 15 is 0 Å². The van der Waals surface area contributed by atoms with Crippen LogP contribution in [0.25, 0.3) is 0 Å². The molecule has 2 heterocycles. The maximum atomic E-state index is 13.9. The molecule has 2 N–H and O–H groups in total. The Balaban J connectivity index is 1.49. The molecule has 0 fully saturated rings. The number of hydrogen-bond donors (Lipinski definition) is 2. The van der Waals surface area contributed by atoms with Crippen molar-refractivity contribution in [1.82, 2.24) is 14.8 Å². The van der Waals surface area contributed by atoms with Crippen molar-refractivity contribution in [3.8, 4) is 11.5 Å². The van der Waals surface area contributed by atoms with E-state index in [1.807, 2.05) is 63.2 Å². The molecule has 4 aromatic rings. The van der Waals surface area contributed by atoms with Gasteiger partial charge in [0.25, 0.3) is 5.91 Å². The van der Waals surface area contributed by atoms with Crippen LogP contribution in [0.4, 0.5) is 11.6 Å². The number of thioether (sulfide) groups is 1. The predicted molar refractivity (Wildman–Crippen MR) is 178 cm³/mol. The van der Waals surface area contributed by atoms with Crippen molar-refractivity contribution in [2.45, 2.75) is 71.7 Å². The lowest BCUT2D eigenvalue weighted by Gasteiger charge is -2.29. The number of aromatic nitrogens is 3. The van der Waals surface area contributed by atoms with Gasteiger partial charge in [0.05, 0.1) is 12.2 Å². The summed E-state index contributed by atoms with van der Waals surface area (Å²) < 4.78 is 14.1. The van der Waals surface area contributed by atoms with Crippen molar-refractivity contribution in [1.29, 1.82) is 0 Å². The molecule has 1 aliphatic rings. The molecule has 0 bridgehead atoms. The topological polar surface area (TPSA) is 90.3 Å². The molecule has 44 heavy (non-hydrogen) atoms. The summed E-state index contributed by atoms with van der Waals surface area (Å²) in [6.07, 6.45) is 0. The second-order valence-corrected chi connectivity index (χ2v) is 13.1. The number of carbonyl (C=O) groups excluding carboxylic acids is 1. The Kier molecular flexibility index (Phi) is 9.34. The van der Waals surface area contributed by atoms with Crippen LogP contribution in [0, 0.1) is 6.92 Å². The smallest absolute Gasteiger partial charge is 0.255 e. The third-order valence-electron chi connectivity index (χ3n) is 7.42. The average Bonchev–Trinajstić information content (AvgIpc) is 3.37. The van der Waals surface area contributed by atoms with Gasteiger partial charge in [-0.3, -0.25) is 4.79 Å². The molecule has 1 aliphatic heterocycles. The number of ether oxygens (including phenoxy) is 2. The van der Waals surface area contributed by atoms with Gasteiger partial charge in [-0.1, -0.05) is 81.9 Å². The maximum absolute atomic E-state index is 13.9. The number of allylic oxidation sites excluding steroid dienone is 1. The van der Waals surface area contributed by atoms with E-state index < -0.39 is 6.04 Å². The molecule has 1 atom stereocenters. The molecule has 0 radical (unpaired) electrons. The number of benzene rings is 3. The highest BCUT2D eigenvalue weighted by Crippen LogP contribution is 2.40. The van der Waals surface area contributed by atoms with Gasteiger partial charge in [-0.05, 0) is 78.5 Å². The van der Waals surface area contributed by atoms with Gasteiger partial charge >= 0.3 is 0 Å². The van der Waals surface area contributed by atoms with Crippen molar-refractivity contribution in [3.63, 3.8) is 0 Å². The van der Waals surface area contributed by atoms with Crippen molar-refractivity contribution in [3.05, 3.63) is 100 Å². The quantitative estimate of drug-likeness (QED) is 0.176. The number of aryl methyl sites for hydroxylation is 1. The minimum atomic E-state index is -0.534. The zero-order chi connectivity index (χ0) is 31.4. The van der Waals surface area contributed by atoms with Crippen LogP contribution >= 0.6 is 11.8 Å². The molecule has 230 valence electrons. The number of fused-ring (bicyclic) bond motifs is 1. The summed E-state index contributed by atoms with van der Waals surface area (Å²) in [4.78, 5) is 18.6. The maximum Gasteiger partial charge on any atom is 0.255 e. The largest absolute Gasteiger partial charge is 0.490 e. The third kappa shape index (κ3) is 6.94. The molecule has 1 aromatic heterocycles. The summed E-state index contributed by atoms with van der Waals surface area (Å²) in [5.41, 5.74) is 6.34. The van der Waals surface area contributed by atoms with Gasteiger partial charge in [-0.2, -0.15) is 4.98 Å². The van der Waals surface area contributed by atoms with Gasteiger partial charge in [-0.25, -0.2) is 4.68 Å². The molecule has 1 amide bonds. The average molecular weight is 612 g/mol. The van der Waals surface area contributed by atoms with Crippen LogP contribution in [0.15, 0.2) is 83.2 Å². The van der Waals surface area contributed by atoms with Crippen molar-refractivity contribution < 1.29 is 14.3 Å². The van der Waals surface area contributed by atoms with Crippen molar-refractivity contribution in [2.24, 2.45) is 0 Å². The molecule has 0 saturated carbocycles. The second-order valence-electron chi connectivity index (χ2n) is 11.9. The van der Waals surface area contributed by atoms with E-state index in [-0.39, 0.29) is 11.3 Å². The number of carbonyl (C=O) groups is 1. The molecule has 3 aromatic carbocycles. The lowest BCUT2D eigenvalue weighted by atomic mass is 9.87. The minimum Gasteiger partial charge on any atom is -0.490 e. The van der Waals surface area contributed by atoms with Gasteiger partial charge in [0, 0.05) is 11.4 Å². The summed E-state index contributed by atoms with van der Waals surface area (Å²) >= 11 is 1.55. The fourth-order valence-corrected chi connectivity index (χ4v) is 5.74. The highest BCUT2D eigenvalue weighted by Gasteiger charge is 2.35. The van der Waals surface area contributed by atoms with Crippen LogP contribution in [0.3, 0.4) is 0 Å². The summed E-state index contributed by atoms with van der Waals surface area (Å²) in [5, 5.41) is 11.9. The van der Waals surface area contributed by atoms with Crippen LogP contribution in [0.2, 0.25) is 0 Å². The molecule has 0 aliphatic carbocycles. The van der Waals surface area contributed by atoms with E-state index in [0.717, 1.165) is 28.1 Å². The zero-order valence-electron chi connectivity index (χ0n) is 26.5. The van der Waals surface area contributed by atoms with Crippen LogP contribution in [0.5, 0.6) is 11.5 Å².